The van der Waals surface area contributed by atoms with Gasteiger partial charge in [0.25, 0.3) is 5.91 Å². The smallest absolute Gasteiger partial charge is 0.251 e. The standard InChI is InChI=1S/C15H21NO3S/c1-3-11(2)12-4-6-13(7-5-12)15(17)16-14-8-9-20(18,19)10-14/h4-7,11,14H,3,8-10H2,1-2H3,(H,16,17). The summed E-state index contributed by atoms with van der Waals surface area (Å²) in [5.74, 6) is 0.518. The molecule has 4 nitrogen and oxygen atoms in total. The molecule has 1 fully saturated rings. The van der Waals surface area contributed by atoms with Crippen molar-refractivity contribution in [1.29, 1.82) is 0 Å². The summed E-state index contributed by atoms with van der Waals surface area (Å²) in [5.41, 5.74) is 1.80. The van der Waals surface area contributed by atoms with E-state index in [1.165, 1.54) is 5.56 Å². The first-order chi connectivity index (χ1) is 9.41. The molecule has 2 rings (SSSR count). The van der Waals surface area contributed by atoms with Crippen LogP contribution in [0.4, 0.5) is 0 Å². The Kier molecular flexibility index (Phi) is 4.48. The van der Waals surface area contributed by atoms with Gasteiger partial charge in [0.2, 0.25) is 0 Å². The fraction of sp³-hybridized carbons (Fsp3) is 0.533. The van der Waals surface area contributed by atoms with Gasteiger partial charge in [-0.3, -0.25) is 4.79 Å². The van der Waals surface area contributed by atoms with Gasteiger partial charge in [-0.1, -0.05) is 26.0 Å². The van der Waals surface area contributed by atoms with Crippen molar-refractivity contribution >= 4 is 15.7 Å². The fourth-order valence-electron chi connectivity index (χ4n) is 2.38. The Morgan fingerprint density at radius 3 is 2.50 bits per heavy atom. The normalized spacial score (nSPS) is 22.4. The highest BCUT2D eigenvalue weighted by Crippen LogP contribution is 2.19. The van der Waals surface area contributed by atoms with Gasteiger partial charge >= 0.3 is 0 Å². The van der Waals surface area contributed by atoms with Gasteiger partial charge in [0.1, 0.15) is 0 Å². The molecule has 1 N–H and O–H groups in total. The van der Waals surface area contributed by atoms with Crippen molar-refractivity contribution in [3.05, 3.63) is 35.4 Å². The van der Waals surface area contributed by atoms with Crippen LogP contribution in [0.5, 0.6) is 0 Å². The zero-order valence-corrected chi connectivity index (χ0v) is 12.7. The van der Waals surface area contributed by atoms with Crippen LogP contribution in [0, 0.1) is 0 Å². The first kappa shape index (κ1) is 15.0. The number of sulfone groups is 1. The van der Waals surface area contributed by atoms with E-state index in [1.807, 2.05) is 12.1 Å². The minimum absolute atomic E-state index is 0.0592. The lowest BCUT2D eigenvalue weighted by Gasteiger charge is -2.12. The average Bonchev–Trinajstić information content (AvgIpc) is 2.77. The molecular formula is C15H21NO3S. The molecule has 0 aliphatic carbocycles. The van der Waals surface area contributed by atoms with Gasteiger partial charge < -0.3 is 5.32 Å². The van der Waals surface area contributed by atoms with Crippen molar-refractivity contribution in [2.24, 2.45) is 0 Å². The van der Waals surface area contributed by atoms with Gasteiger partial charge in [-0.25, -0.2) is 8.42 Å². The maximum Gasteiger partial charge on any atom is 0.251 e. The summed E-state index contributed by atoms with van der Waals surface area (Å²) in [4.78, 5) is 12.1. The van der Waals surface area contributed by atoms with E-state index in [-0.39, 0.29) is 23.5 Å². The zero-order chi connectivity index (χ0) is 14.8. The van der Waals surface area contributed by atoms with E-state index in [0.717, 1.165) is 6.42 Å². The molecule has 1 aliphatic rings. The summed E-state index contributed by atoms with van der Waals surface area (Å²) < 4.78 is 22.7. The highest BCUT2D eigenvalue weighted by molar-refractivity contribution is 7.91. The molecule has 1 saturated heterocycles. The van der Waals surface area contributed by atoms with Gasteiger partial charge in [-0.2, -0.15) is 0 Å². The van der Waals surface area contributed by atoms with E-state index in [4.69, 9.17) is 0 Å². The topological polar surface area (TPSA) is 63.2 Å². The molecule has 1 amide bonds. The number of amides is 1. The number of carbonyl (C=O) groups excluding carboxylic acids is 1. The van der Waals surface area contributed by atoms with Gasteiger partial charge in [0.05, 0.1) is 11.5 Å². The predicted octanol–water partition coefficient (Wildman–Crippen LogP) is 2.12. The van der Waals surface area contributed by atoms with Crippen LogP contribution in [-0.2, 0) is 9.84 Å². The quantitative estimate of drug-likeness (QED) is 0.925. The predicted molar refractivity (Wildman–Crippen MR) is 79.7 cm³/mol. The molecule has 110 valence electrons. The highest BCUT2D eigenvalue weighted by atomic mass is 32.2. The van der Waals surface area contributed by atoms with Gasteiger partial charge in [0, 0.05) is 11.6 Å². The van der Waals surface area contributed by atoms with Crippen LogP contribution in [0.2, 0.25) is 0 Å². The highest BCUT2D eigenvalue weighted by Gasteiger charge is 2.29. The molecule has 1 heterocycles. The lowest BCUT2D eigenvalue weighted by molar-refractivity contribution is 0.0941. The zero-order valence-electron chi connectivity index (χ0n) is 11.9. The molecule has 1 aliphatic heterocycles. The number of carbonyl (C=O) groups is 1. The third-order valence-electron chi connectivity index (χ3n) is 3.92. The molecule has 5 heteroatoms. The van der Waals surface area contributed by atoms with Gasteiger partial charge in [-0.05, 0) is 36.5 Å². The van der Waals surface area contributed by atoms with Gasteiger partial charge in [0.15, 0.2) is 9.84 Å². The average molecular weight is 295 g/mol. The largest absolute Gasteiger partial charge is 0.348 e. The third kappa shape index (κ3) is 3.60. The van der Waals surface area contributed by atoms with Crippen molar-refractivity contribution in [2.75, 3.05) is 11.5 Å². The lowest BCUT2D eigenvalue weighted by Crippen LogP contribution is -2.35. The molecule has 20 heavy (non-hydrogen) atoms. The Labute approximate surface area is 120 Å². The fourth-order valence-corrected chi connectivity index (χ4v) is 4.05. The first-order valence-electron chi connectivity index (χ1n) is 7.02. The molecule has 2 atom stereocenters. The van der Waals surface area contributed by atoms with Gasteiger partial charge in [-0.15, -0.1) is 0 Å². The van der Waals surface area contributed by atoms with E-state index in [9.17, 15) is 13.2 Å². The number of rotatable bonds is 4. The minimum Gasteiger partial charge on any atom is -0.348 e. The second kappa shape index (κ2) is 5.95. The molecule has 0 radical (unpaired) electrons. The van der Waals surface area contributed by atoms with Crippen molar-refractivity contribution in [2.45, 2.75) is 38.6 Å². The molecule has 0 saturated carbocycles. The Morgan fingerprint density at radius 2 is 2.00 bits per heavy atom. The maximum absolute atomic E-state index is 12.1. The molecule has 0 aromatic heterocycles. The summed E-state index contributed by atoms with van der Waals surface area (Å²) in [6.45, 7) is 4.28. The monoisotopic (exact) mass is 295 g/mol. The summed E-state index contributed by atoms with van der Waals surface area (Å²) in [6, 6.07) is 7.30. The maximum atomic E-state index is 12.1. The van der Waals surface area contributed by atoms with Crippen molar-refractivity contribution < 1.29 is 13.2 Å². The Bertz CT molecular complexity index is 578. The van der Waals surface area contributed by atoms with Crippen molar-refractivity contribution in [3.8, 4) is 0 Å². The summed E-state index contributed by atoms with van der Waals surface area (Å²) in [7, 11) is -2.96. The Morgan fingerprint density at radius 1 is 1.35 bits per heavy atom. The van der Waals surface area contributed by atoms with Crippen LogP contribution >= 0.6 is 0 Å². The second-order valence-electron chi connectivity index (χ2n) is 5.50. The minimum atomic E-state index is -2.96. The number of hydrogen-bond donors (Lipinski definition) is 1. The number of nitrogens with one attached hydrogen (secondary N) is 1. The van der Waals surface area contributed by atoms with E-state index in [2.05, 4.69) is 19.2 Å². The lowest BCUT2D eigenvalue weighted by atomic mass is 9.97. The van der Waals surface area contributed by atoms with Crippen LogP contribution in [0.15, 0.2) is 24.3 Å². The van der Waals surface area contributed by atoms with Crippen molar-refractivity contribution in [3.63, 3.8) is 0 Å². The Balaban J connectivity index is 1.99. The molecular weight excluding hydrogens is 274 g/mol. The first-order valence-corrected chi connectivity index (χ1v) is 8.84. The van der Waals surface area contributed by atoms with Crippen LogP contribution in [0.3, 0.4) is 0 Å². The van der Waals surface area contributed by atoms with E-state index in [1.54, 1.807) is 12.1 Å². The molecule has 0 spiro atoms. The van der Waals surface area contributed by atoms with Crippen LogP contribution in [-0.4, -0.2) is 31.9 Å². The SMILES string of the molecule is CCC(C)c1ccc(C(=O)NC2CCS(=O)(=O)C2)cc1. The van der Waals surface area contributed by atoms with Crippen LogP contribution < -0.4 is 5.32 Å². The second-order valence-corrected chi connectivity index (χ2v) is 7.73. The molecule has 1 aromatic carbocycles. The van der Waals surface area contributed by atoms with Crippen LogP contribution in [0.1, 0.15) is 48.5 Å². The van der Waals surface area contributed by atoms with Crippen molar-refractivity contribution in [1.82, 2.24) is 5.32 Å². The molecule has 0 bridgehead atoms. The molecule has 2 unspecified atom stereocenters. The Hall–Kier alpha value is -1.36. The number of benzene rings is 1. The summed E-state index contributed by atoms with van der Waals surface area (Å²) in [5, 5.41) is 2.80. The van der Waals surface area contributed by atoms with E-state index < -0.39 is 9.84 Å². The van der Waals surface area contributed by atoms with E-state index in [0.29, 0.717) is 17.9 Å². The summed E-state index contributed by atoms with van der Waals surface area (Å²) in [6.07, 6.45) is 1.57. The molecule has 1 aromatic rings. The third-order valence-corrected chi connectivity index (χ3v) is 5.69. The summed E-state index contributed by atoms with van der Waals surface area (Å²) >= 11 is 0. The number of hydrogen-bond acceptors (Lipinski definition) is 3. The van der Waals surface area contributed by atoms with Crippen LogP contribution in [0.25, 0.3) is 0 Å². The van der Waals surface area contributed by atoms with E-state index >= 15 is 0 Å².